The third kappa shape index (κ3) is 2.65. The van der Waals surface area contributed by atoms with Crippen LogP contribution >= 0.6 is 0 Å². The Morgan fingerprint density at radius 2 is 2.26 bits per heavy atom. The molecular formula is C13H15N3O2Se. The molecule has 19 heavy (non-hydrogen) atoms. The molecule has 3 rings (SSSR count). The van der Waals surface area contributed by atoms with Gasteiger partial charge < -0.3 is 0 Å². The van der Waals surface area contributed by atoms with Crippen LogP contribution in [0.25, 0.3) is 0 Å². The van der Waals surface area contributed by atoms with Gasteiger partial charge in [0.1, 0.15) is 0 Å². The minimum atomic E-state index is -0.673. The monoisotopic (exact) mass is 325 g/mol. The average Bonchev–Trinajstić information content (AvgIpc) is 2.88. The molecule has 0 radical (unpaired) electrons. The first-order valence-electron chi connectivity index (χ1n) is 6.44. The van der Waals surface area contributed by atoms with Crippen molar-refractivity contribution in [1.82, 2.24) is 0 Å². The molecule has 2 aliphatic rings. The molecule has 0 bridgehead atoms. The Bertz CT molecular complexity index is 581. The van der Waals surface area contributed by atoms with E-state index < -0.39 is 5.97 Å². The number of carboxylic acids is 1. The van der Waals surface area contributed by atoms with Crippen molar-refractivity contribution in [2.45, 2.75) is 31.7 Å². The van der Waals surface area contributed by atoms with Crippen LogP contribution in [0.15, 0.2) is 26.1 Å². The van der Waals surface area contributed by atoms with Gasteiger partial charge in [-0.1, -0.05) is 0 Å². The average molecular weight is 324 g/mol. The Morgan fingerprint density at radius 3 is 3.11 bits per heavy atom. The van der Waals surface area contributed by atoms with Gasteiger partial charge in [-0.2, -0.15) is 0 Å². The molecule has 100 valence electrons. The zero-order valence-electron chi connectivity index (χ0n) is 10.4. The molecule has 0 saturated heterocycles. The number of carbonyl (C=O) groups is 1. The van der Waals surface area contributed by atoms with Crippen molar-refractivity contribution >= 4 is 37.6 Å². The van der Waals surface area contributed by atoms with Crippen LogP contribution in [0.3, 0.4) is 0 Å². The van der Waals surface area contributed by atoms with Gasteiger partial charge in [-0.3, -0.25) is 0 Å². The second-order valence-electron chi connectivity index (χ2n) is 4.98. The van der Waals surface area contributed by atoms with Crippen LogP contribution in [0.2, 0.25) is 0 Å². The maximum absolute atomic E-state index is 11.1. The predicted molar refractivity (Wildman–Crippen MR) is 73.4 cm³/mol. The summed E-state index contributed by atoms with van der Waals surface area (Å²) in [5.74, 6) is -0.887. The number of aliphatic carboxylic acids is 1. The molecule has 1 fully saturated rings. The number of fused-ring (bicyclic) bond motifs is 1. The summed E-state index contributed by atoms with van der Waals surface area (Å²) in [6, 6.07) is 6.17. The minimum absolute atomic E-state index is 0.0315. The maximum atomic E-state index is 11.1. The Morgan fingerprint density at radius 1 is 1.37 bits per heavy atom. The van der Waals surface area contributed by atoms with Gasteiger partial charge in [0.25, 0.3) is 0 Å². The standard InChI is InChI=1S/C13H15N3O2Se/c17-13(18)8-3-1-4-9(7-8)14-10-5-2-6-11-12(10)16-19-15-11/h2,5-6,8-9,14H,1,3-4,7H2,(H,17,18). The van der Waals surface area contributed by atoms with Crippen LogP contribution in [0, 0.1) is 5.92 Å². The second-order valence-corrected chi connectivity index (χ2v) is 6.09. The summed E-state index contributed by atoms with van der Waals surface area (Å²) in [6.07, 6.45) is 3.48. The van der Waals surface area contributed by atoms with E-state index in [-0.39, 0.29) is 26.5 Å². The number of hydrogen-bond acceptors (Lipinski definition) is 4. The molecule has 5 nitrogen and oxygen atoms in total. The van der Waals surface area contributed by atoms with E-state index in [1.54, 1.807) is 0 Å². The van der Waals surface area contributed by atoms with Crippen LogP contribution in [-0.4, -0.2) is 31.7 Å². The fourth-order valence-electron chi connectivity index (χ4n) is 2.69. The molecule has 1 aromatic carbocycles. The van der Waals surface area contributed by atoms with Gasteiger partial charge >= 0.3 is 117 Å². The number of rotatable bonds is 3. The molecule has 2 unspecified atom stereocenters. The quantitative estimate of drug-likeness (QED) is 0.852. The molecule has 2 N–H and O–H groups in total. The SMILES string of the molecule is O=C(O)C1CCCC(Nc2cccc3c2N=[Se]=N3)C1. The fraction of sp³-hybridized carbons (Fsp3) is 0.462. The van der Waals surface area contributed by atoms with Gasteiger partial charge in [-0.05, 0) is 0 Å². The normalized spacial score (nSPS) is 24.6. The van der Waals surface area contributed by atoms with E-state index >= 15 is 0 Å². The van der Waals surface area contributed by atoms with Crippen molar-refractivity contribution in [1.29, 1.82) is 0 Å². The van der Waals surface area contributed by atoms with Gasteiger partial charge in [0.2, 0.25) is 0 Å². The first kappa shape index (κ1) is 12.6. The van der Waals surface area contributed by atoms with Crippen molar-refractivity contribution < 1.29 is 9.90 Å². The zero-order chi connectivity index (χ0) is 13.2. The van der Waals surface area contributed by atoms with Crippen LogP contribution in [-0.2, 0) is 4.79 Å². The molecule has 1 aliphatic carbocycles. The number of hydrogen-bond donors (Lipinski definition) is 2. The topological polar surface area (TPSA) is 74.0 Å². The van der Waals surface area contributed by atoms with Crippen molar-refractivity contribution in [3.05, 3.63) is 18.2 Å². The van der Waals surface area contributed by atoms with E-state index in [9.17, 15) is 4.79 Å². The van der Waals surface area contributed by atoms with Crippen molar-refractivity contribution in [2.75, 3.05) is 5.32 Å². The third-order valence-electron chi connectivity index (χ3n) is 3.67. The predicted octanol–water partition coefficient (Wildman–Crippen LogP) is 3.09. The molecule has 1 aliphatic heterocycles. The molecule has 1 saturated carbocycles. The summed E-state index contributed by atoms with van der Waals surface area (Å²) in [7, 11) is 0. The van der Waals surface area contributed by atoms with Crippen molar-refractivity contribution in [3.8, 4) is 0 Å². The van der Waals surface area contributed by atoms with Crippen LogP contribution in [0.4, 0.5) is 17.1 Å². The molecule has 6 heteroatoms. The van der Waals surface area contributed by atoms with Gasteiger partial charge in [0, 0.05) is 0 Å². The van der Waals surface area contributed by atoms with Gasteiger partial charge in [0.15, 0.2) is 0 Å². The van der Waals surface area contributed by atoms with E-state index in [0.717, 1.165) is 36.3 Å². The first-order valence-corrected chi connectivity index (χ1v) is 7.98. The van der Waals surface area contributed by atoms with E-state index in [1.807, 2.05) is 18.2 Å². The number of benzene rings is 1. The summed E-state index contributed by atoms with van der Waals surface area (Å²) in [4.78, 5) is 11.1. The second kappa shape index (κ2) is 5.31. The fourth-order valence-corrected chi connectivity index (χ4v) is 3.84. The number of anilines is 1. The summed E-state index contributed by atoms with van der Waals surface area (Å²) in [5, 5.41) is 12.6. The number of carboxylic acid groups (broad SMARTS) is 1. The van der Waals surface area contributed by atoms with E-state index in [4.69, 9.17) is 5.11 Å². The van der Waals surface area contributed by atoms with Crippen molar-refractivity contribution in [2.24, 2.45) is 13.8 Å². The molecule has 0 amide bonds. The number of nitrogens with zero attached hydrogens (tertiary/aromatic N) is 2. The van der Waals surface area contributed by atoms with E-state index in [1.165, 1.54) is 0 Å². The van der Waals surface area contributed by atoms with Crippen LogP contribution in [0.1, 0.15) is 25.7 Å². The summed E-state index contributed by atoms with van der Waals surface area (Å²) >= 11 is -0.0315. The zero-order valence-corrected chi connectivity index (χ0v) is 12.1. The molecule has 0 spiro atoms. The van der Waals surface area contributed by atoms with Gasteiger partial charge in [-0.15, -0.1) is 0 Å². The first-order chi connectivity index (χ1) is 9.24. The molecular weight excluding hydrogens is 309 g/mol. The summed E-state index contributed by atoms with van der Waals surface area (Å²) in [5.41, 5.74) is 2.90. The van der Waals surface area contributed by atoms with Crippen molar-refractivity contribution in [3.63, 3.8) is 0 Å². The molecule has 2 atom stereocenters. The van der Waals surface area contributed by atoms with Crippen LogP contribution in [0.5, 0.6) is 0 Å². The van der Waals surface area contributed by atoms with Gasteiger partial charge in [-0.25, -0.2) is 0 Å². The Labute approximate surface area is 117 Å². The Kier molecular flexibility index (Phi) is 3.53. The van der Waals surface area contributed by atoms with E-state index in [0.29, 0.717) is 6.42 Å². The Hall–Kier alpha value is -1.39. The van der Waals surface area contributed by atoms with Crippen LogP contribution < -0.4 is 5.32 Å². The summed E-state index contributed by atoms with van der Waals surface area (Å²) < 4.78 is 8.79. The Balaban J connectivity index is 1.74. The van der Waals surface area contributed by atoms with Gasteiger partial charge in [0.05, 0.1) is 0 Å². The molecule has 0 aromatic heterocycles. The number of nitrogens with one attached hydrogen (secondary N) is 1. The summed E-state index contributed by atoms with van der Waals surface area (Å²) in [6.45, 7) is 0. The molecule has 1 aromatic rings. The van der Waals surface area contributed by atoms with E-state index in [2.05, 4.69) is 13.2 Å². The third-order valence-corrected chi connectivity index (χ3v) is 4.81. The molecule has 1 heterocycles.